The minimum atomic E-state index is -0.277. The van der Waals surface area contributed by atoms with Crippen LogP contribution in [0.25, 0.3) is 16.3 Å². The molecule has 2 heterocycles. The normalized spacial score (nSPS) is 33.4. The standard InChI is InChI=1S/C19H19FN4S/c20-15-4-2-1-3-14(15)16-21-22-18-24(16)23-17(25-18)19-8-11-5-12(9-19)7-13(6-11)10-19/h1-4,11-13H,5-10H2. The van der Waals surface area contributed by atoms with E-state index >= 15 is 0 Å². The first-order valence-electron chi connectivity index (χ1n) is 9.18. The minimum Gasteiger partial charge on any atom is -0.206 e. The second-order valence-corrected chi connectivity index (χ2v) is 9.26. The monoisotopic (exact) mass is 354 g/mol. The maximum absolute atomic E-state index is 14.2. The molecule has 0 amide bonds. The van der Waals surface area contributed by atoms with Crippen molar-refractivity contribution in [2.75, 3.05) is 0 Å². The lowest BCUT2D eigenvalue weighted by Crippen LogP contribution is -2.48. The smallest absolute Gasteiger partial charge is 0.206 e. The van der Waals surface area contributed by atoms with Crippen LogP contribution in [0, 0.1) is 23.6 Å². The molecule has 4 bridgehead atoms. The number of hydrogen-bond donors (Lipinski definition) is 0. The van der Waals surface area contributed by atoms with Gasteiger partial charge in [0.2, 0.25) is 4.96 Å². The first kappa shape index (κ1) is 14.4. The fourth-order valence-electron chi connectivity index (χ4n) is 6.01. The Morgan fingerprint density at radius 3 is 2.36 bits per heavy atom. The predicted molar refractivity (Wildman–Crippen MR) is 93.9 cm³/mol. The summed E-state index contributed by atoms with van der Waals surface area (Å²) in [6, 6.07) is 6.73. The Morgan fingerprint density at radius 2 is 1.68 bits per heavy atom. The zero-order valence-electron chi connectivity index (χ0n) is 13.9. The number of halogens is 1. The van der Waals surface area contributed by atoms with Gasteiger partial charge in [0.05, 0.1) is 5.56 Å². The van der Waals surface area contributed by atoms with E-state index in [2.05, 4.69) is 10.2 Å². The maximum Gasteiger partial charge on any atom is 0.234 e. The molecule has 25 heavy (non-hydrogen) atoms. The van der Waals surface area contributed by atoms with Gasteiger partial charge in [-0.2, -0.15) is 9.61 Å². The molecule has 1 aromatic carbocycles. The average molecular weight is 354 g/mol. The van der Waals surface area contributed by atoms with Crippen molar-refractivity contribution in [2.24, 2.45) is 17.8 Å². The summed E-state index contributed by atoms with van der Waals surface area (Å²) >= 11 is 1.66. The molecule has 4 saturated carbocycles. The van der Waals surface area contributed by atoms with Crippen molar-refractivity contribution in [3.05, 3.63) is 35.1 Å². The van der Waals surface area contributed by atoms with Crippen LogP contribution in [-0.4, -0.2) is 19.8 Å². The summed E-state index contributed by atoms with van der Waals surface area (Å²) in [6.45, 7) is 0. The fraction of sp³-hybridized carbons (Fsp3) is 0.526. The van der Waals surface area contributed by atoms with E-state index in [4.69, 9.17) is 5.10 Å². The first-order valence-corrected chi connectivity index (χ1v) is 9.99. The van der Waals surface area contributed by atoms with Crippen LogP contribution in [0.2, 0.25) is 0 Å². The van der Waals surface area contributed by atoms with Crippen LogP contribution in [0.4, 0.5) is 4.39 Å². The highest BCUT2D eigenvalue weighted by molar-refractivity contribution is 7.16. The van der Waals surface area contributed by atoms with Gasteiger partial charge in [-0.15, -0.1) is 10.2 Å². The molecular weight excluding hydrogens is 335 g/mol. The third-order valence-electron chi connectivity index (χ3n) is 6.60. The molecule has 6 heteroatoms. The quantitative estimate of drug-likeness (QED) is 0.682. The molecule has 4 fully saturated rings. The molecule has 3 aromatic rings. The Morgan fingerprint density at radius 1 is 1.00 bits per heavy atom. The molecule has 7 rings (SSSR count). The summed E-state index contributed by atoms with van der Waals surface area (Å²) in [6.07, 6.45) is 8.09. The van der Waals surface area contributed by atoms with E-state index in [1.54, 1.807) is 28.0 Å². The Bertz CT molecular complexity index is 940. The summed E-state index contributed by atoms with van der Waals surface area (Å²) in [5.74, 6) is 2.88. The first-order chi connectivity index (χ1) is 12.2. The van der Waals surface area contributed by atoms with Gasteiger partial charge in [0.1, 0.15) is 10.8 Å². The SMILES string of the molecule is Fc1ccccc1-c1nnc2sc(C34CC5CC(CC(C5)C3)C4)nn12. The van der Waals surface area contributed by atoms with Crippen molar-refractivity contribution in [1.29, 1.82) is 0 Å². The van der Waals surface area contributed by atoms with E-state index in [1.165, 1.54) is 49.6 Å². The number of benzene rings is 1. The number of aromatic nitrogens is 4. The zero-order chi connectivity index (χ0) is 16.6. The van der Waals surface area contributed by atoms with Gasteiger partial charge >= 0.3 is 0 Å². The van der Waals surface area contributed by atoms with Crippen LogP contribution < -0.4 is 0 Å². The third-order valence-corrected chi connectivity index (χ3v) is 7.74. The number of hydrogen-bond acceptors (Lipinski definition) is 4. The molecule has 0 radical (unpaired) electrons. The molecular formula is C19H19FN4S. The van der Waals surface area contributed by atoms with E-state index < -0.39 is 0 Å². The Labute approximate surface area is 149 Å². The summed E-state index contributed by atoms with van der Waals surface area (Å²) in [5.41, 5.74) is 0.712. The number of rotatable bonds is 2. The molecule has 0 spiro atoms. The molecule has 4 aliphatic carbocycles. The summed E-state index contributed by atoms with van der Waals surface area (Å²) < 4.78 is 16.0. The van der Waals surface area contributed by atoms with Crippen LogP contribution in [0.15, 0.2) is 24.3 Å². The largest absolute Gasteiger partial charge is 0.234 e. The Kier molecular flexibility index (Phi) is 2.80. The van der Waals surface area contributed by atoms with E-state index in [0.717, 1.165) is 22.7 Å². The second-order valence-electron chi connectivity index (χ2n) is 8.30. The van der Waals surface area contributed by atoms with Gasteiger partial charge in [-0.3, -0.25) is 0 Å². The second kappa shape index (κ2) is 4.87. The molecule has 0 unspecified atom stereocenters. The lowest BCUT2D eigenvalue weighted by atomic mass is 9.50. The molecule has 2 aromatic heterocycles. The highest BCUT2D eigenvalue weighted by Crippen LogP contribution is 2.61. The fourth-order valence-corrected chi connectivity index (χ4v) is 7.07. The van der Waals surface area contributed by atoms with E-state index in [0.29, 0.717) is 11.4 Å². The van der Waals surface area contributed by atoms with Gasteiger partial charge in [0, 0.05) is 5.41 Å². The highest BCUT2D eigenvalue weighted by atomic mass is 32.1. The lowest BCUT2D eigenvalue weighted by Gasteiger charge is -2.55. The summed E-state index contributed by atoms with van der Waals surface area (Å²) in [5, 5.41) is 14.6. The average Bonchev–Trinajstić information content (AvgIpc) is 3.15. The third kappa shape index (κ3) is 2.00. The van der Waals surface area contributed by atoms with Crippen LogP contribution in [0.5, 0.6) is 0 Å². The summed E-state index contributed by atoms with van der Waals surface area (Å²) in [7, 11) is 0. The highest BCUT2D eigenvalue weighted by Gasteiger charge is 2.53. The Hall–Kier alpha value is -1.82. The number of nitrogens with zero attached hydrogens (tertiary/aromatic N) is 4. The molecule has 0 aliphatic heterocycles. The van der Waals surface area contributed by atoms with Gasteiger partial charge < -0.3 is 0 Å². The Balaban J connectivity index is 1.47. The van der Waals surface area contributed by atoms with Crippen LogP contribution in [0.3, 0.4) is 0 Å². The number of fused-ring (bicyclic) bond motifs is 1. The molecule has 128 valence electrons. The van der Waals surface area contributed by atoms with Crippen LogP contribution in [-0.2, 0) is 5.41 Å². The van der Waals surface area contributed by atoms with Gasteiger partial charge in [0.15, 0.2) is 5.82 Å². The van der Waals surface area contributed by atoms with Crippen molar-refractivity contribution in [3.8, 4) is 11.4 Å². The van der Waals surface area contributed by atoms with Gasteiger partial charge in [-0.25, -0.2) is 4.39 Å². The predicted octanol–water partition coefficient (Wildman–Crippen LogP) is 4.46. The van der Waals surface area contributed by atoms with Crippen molar-refractivity contribution in [1.82, 2.24) is 19.8 Å². The van der Waals surface area contributed by atoms with Crippen LogP contribution >= 0.6 is 11.3 Å². The van der Waals surface area contributed by atoms with Crippen LogP contribution in [0.1, 0.15) is 43.5 Å². The zero-order valence-corrected chi connectivity index (χ0v) is 14.7. The maximum atomic E-state index is 14.2. The van der Waals surface area contributed by atoms with Gasteiger partial charge in [-0.05, 0) is 68.4 Å². The lowest BCUT2D eigenvalue weighted by molar-refractivity contribution is -0.00565. The van der Waals surface area contributed by atoms with Crippen molar-refractivity contribution in [3.63, 3.8) is 0 Å². The van der Waals surface area contributed by atoms with E-state index in [-0.39, 0.29) is 11.2 Å². The van der Waals surface area contributed by atoms with Gasteiger partial charge in [-0.1, -0.05) is 23.5 Å². The molecule has 0 saturated heterocycles. The van der Waals surface area contributed by atoms with E-state index in [1.807, 2.05) is 6.07 Å². The molecule has 4 nitrogen and oxygen atoms in total. The summed E-state index contributed by atoms with van der Waals surface area (Å²) in [4.78, 5) is 0.781. The molecule has 4 aliphatic rings. The van der Waals surface area contributed by atoms with E-state index in [9.17, 15) is 4.39 Å². The molecule has 0 atom stereocenters. The minimum absolute atomic E-state index is 0.243. The van der Waals surface area contributed by atoms with Crippen molar-refractivity contribution >= 4 is 16.3 Å². The van der Waals surface area contributed by atoms with Crippen molar-refractivity contribution in [2.45, 2.75) is 43.9 Å². The topological polar surface area (TPSA) is 43.1 Å². The molecule has 0 N–H and O–H groups in total. The van der Waals surface area contributed by atoms with Gasteiger partial charge in [0.25, 0.3) is 0 Å². The van der Waals surface area contributed by atoms with Crippen molar-refractivity contribution < 1.29 is 4.39 Å².